The summed E-state index contributed by atoms with van der Waals surface area (Å²) in [7, 11) is 1.79. The molecule has 1 rings (SSSR count). The van der Waals surface area contributed by atoms with Crippen LogP contribution in [-0.2, 0) is 27.4 Å². The number of anilines is 1. The molecule has 0 spiro atoms. The van der Waals surface area contributed by atoms with Gasteiger partial charge in [-0.3, -0.25) is 9.59 Å². The van der Waals surface area contributed by atoms with Gasteiger partial charge in [0.1, 0.15) is 6.61 Å². The van der Waals surface area contributed by atoms with Gasteiger partial charge in [0.25, 0.3) is 0 Å². The molecule has 1 aromatic carbocycles. The van der Waals surface area contributed by atoms with Crippen LogP contribution in [0.25, 0.3) is 0 Å². The number of carboxylic acid groups (broad SMARTS) is 1. The topological polar surface area (TPSA) is 75.6 Å². The number of ether oxygens (including phenoxy) is 1. The van der Waals surface area contributed by atoms with Crippen LogP contribution in [0.2, 0.25) is 0 Å². The van der Waals surface area contributed by atoms with Gasteiger partial charge in [0, 0.05) is 19.2 Å². The van der Waals surface area contributed by atoms with Gasteiger partial charge in [-0.25, -0.2) is 0 Å². The molecule has 0 aliphatic carbocycles. The first-order valence-corrected chi connectivity index (χ1v) is 6.62. The Kier molecular flexibility index (Phi) is 6.03. The number of hydrogen-bond acceptors (Lipinski definition) is 4. The van der Waals surface area contributed by atoms with E-state index in [1.54, 1.807) is 20.9 Å². The summed E-state index contributed by atoms with van der Waals surface area (Å²) in [5.41, 5.74) is 2.66. The van der Waals surface area contributed by atoms with E-state index in [4.69, 9.17) is 9.84 Å². The quantitative estimate of drug-likeness (QED) is 0.750. The highest BCUT2D eigenvalue weighted by atomic mass is 16.5. The summed E-state index contributed by atoms with van der Waals surface area (Å²) in [6.45, 7) is 3.77. The van der Waals surface area contributed by atoms with Crippen LogP contribution in [0.4, 0.5) is 5.69 Å². The summed E-state index contributed by atoms with van der Waals surface area (Å²) in [6.07, 6.45) is 0.515. The van der Waals surface area contributed by atoms with Gasteiger partial charge >= 0.3 is 11.9 Å². The van der Waals surface area contributed by atoms with Crippen molar-refractivity contribution in [1.29, 1.82) is 0 Å². The fraction of sp³-hybridized carbons (Fsp3) is 0.467. The maximum absolute atomic E-state index is 11.4. The maximum atomic E-state index is 11.4. The van der Waals surface area contributed by atoms with E-state index in [9.17, 15) is 9.59 Å². The number of esters is 1. The molecule has 0 saturated heterocycles. The third kappa shape index (κ3) is 4.91. The maximum Gasteiger partial charge on any atom is 0.308 e. The Labute approximate surface area is 118 Å². The first-order valence-electron chi connectivity index (χ1n) is 6.62. The zero-order valence-electron chi connectivity index (χ0n) is 12.1. The van der Waals surface area contributed by atoms with E-state index in [0.29, 0.717) is 6.42 Å². The van der Waals surface area contributed by atoms with Gasteiger partial charge in [-0.1, -0.05) is 26.0 Å². The molecule has 2 N–H and O–H groups in total. The van der Waals surface area contributed by atoms with Gasteiger partial charge in [-0.05, 0) is 23.6 Å². The standard InChI is InChI=1S/C15H21NO4/c1-10(2)15(19)20-9-11-4-6-13(16-3)12(8-11)5-7-14(17)18/h4,6,8,10,16H,5,7,9H2,1-3H3,(H,17,18). The van der Waals surface area contributed by atoms with Crippen molar-refractivity contribution in [2.45, 2.75) is 33.3 Å². The third-order valence-corrected chi connectivity index (χ3v) is 2.90. The smallest absolute Gasteiger partial charge is 0.308 e. The minimum absolute atomic E-state index is 0.0733. The Morgan fingerprint density at radius 2 is 2.05 bits per heavy atom. The molecule has 110 valence electrons. The van der Waals surface area contributed by atoms with Crippen LogP contribution in [-0.4, -0.2) is 24.1 Å². The molecule has 5 heteroatoms. The monoisotopic (exact) mass is 279 g/mol. The number of aryl methyl sites for hydroxylation is 1. The zero-order valence-corrected chi connectivity index (χ0v) is 12.1. The molecular formula is C15H21NO4. The number of carboxylic acids is 1. The molecule has 0 aliphatic rings. The first-order chi connectivity index (χ1) is 9.43. The third-order valence-electron chi connectivity index (χ3n) is 2.90. The fourth-order valence-electron chi connectivity index (χ4n) is 1.75. The molecule has 0 bridgehead atoms. The van der Waals surface area contributed by atoms with Crippen molar-refractivity contribution in [3.05, 3.63) is 29.3 Å². The van der Waals surface area contributed by atoms with Crippen LogP contribution in [0.15, 0.2) is 18.2 Å². The predicted octanol–water partition coefficient (Wildman–Crippen LogP) is 2.44. The molecular weight excluding hydrogens is 258 g/mol. The number of aliphatic carboxylic acids is 1. The molecule has 0 radical (unpaired) electrons. The summed E-state index contributed by atoms with van der Waals surface area (Å²) in [6, 6.07) is 5.61. The number of rotatable bonds is 7. The second-order valence-corrected chi connectivity index (χ2v) is 4.90. The molecule has 0 unspecified atom stereocenters. The second kappa shape index (κ2) is 7.53. The lowest BCUT2D eigenvalue weighted by Gasteiger charge is -2.12. The minimum Gasteiger partial charge on any atom is -0.481 e. The number of hydrogen-bond donors (Lipinski definition) is 2. The molecule has 1 aromatic rings. The number of benzene rings is 1. The molecule has 0 fully saturated rings. The molecule has 20 heavy (non-hydrogen) atoms. The zero-order chi connectivity index (χ0) is 15.1. The largest absolute Gasteiger partial charge is 0.481 e. The lowest BCUT2D eigenvalue weighted by molar-refractivity contribution is -0.148. The van der Waals surface area contributed by atoms with Gasteiger partial charge in [0.2, 0.25) is 0 Å². The van der Waals surface area contributed by atoms with Gasteiger partial charge in [-0.15, -0.1) is 0 Å². The first kappa shape index (κ1) is 16.0. The summed E-state index contributed by atoms with van der Waals surface area (Å²) < 4.78 is 5.17. The Morgan fingerprint density at radius 1 is 1.35 bits per heavy atom. The van der Waals surface area contributed by atoms with E-state index < -0.39 is 5.97 Å². The molecule has 0 aromatic heterocycles. The van der Waals surface area contributed by atoms with Crippen molar-refractivity contribution >= 4 is 17.6 Å². The SMILES string of the molecule is CNc1ccc(COC(=O)C(C)C)cc1CCC(=O)O. The number of nitrogens with one attached hydrogen (secondary N) is 1. The highest BCUT2D eigenvalue weighted by Gasteiger charge is 2.10. The highest BCUT2D eigenvalue weighted by molar-refractivity contribution is 5.71. The molecule has 0 saturated carbocycles. The van der Waals surface area contributed by atoms with Gasteiger partial charge in [0.15, 0.2) is 0 Å². The van der Waals surface area contributed by atoms with Crippen molar-refractivity contribution in [3.63, 3.8) is 0 Å². The van der Waals surface area contributed by atoms with E-state index in [-0.39, 0.29) is 24.9 Å². The summed E-state index contributed by atoms with van der Waals surface area (Å²) in [5, 5.41) is 11.8. The molecule has 5 nitrogen and oxygen atoms in total. The van der Waals surface area contributed by atoms with Gasteiger partial charge in [0.05, 0.1) is 5.92 Å². The Balaban J connectivity index is 2.75. The van der Waals surface area contributed by atoms with E-state index in [1.807, 2.05) is 18.2 Å². The fourth-order valence-corrected chi connectivity index (χ4v) is 1.75. The molecule has 0 atom stereocenters. The average Bonchev–Trinajstić information content (AvgIpc) is 2.42. The minimum atomic E-state index is -0.830. The van der Waals surface area contributed by atoms with Crippen LogP contribution < -0.4 is 5.32 Å². The van der Waals surface area contributed by atoms with Crippen molar-refractivity contribution in [3.8, 4) is 0 Å². The summed E-state index contributed by atoms with van der Waals surface area (Å²) in [5.74, 6) is -1.23. The van der Waals surface area contributed by atoms with Crippen LogP contribution in [0.5, 0.6) is 0 Å². The lowest BCUT2D eigenvalue weighted by atomic mass is 10.0. The lowest BCUT2D eigenvalue weighted by Crippen LogP contribution is -2.11. The number of carbonyl (C=O) groups excluding carboxylic acids is 1. The van der Waals surface area contributed by atoms with E-state index in [0.717, 1.165) is 16.8 Å². The summed E-state index contributed by atoms with van der Waals surface area (Å²) >= 11 is 0. The van der Waals surface area contributed by atoms with Crippen molar-refractivity contribution < 1.29 is 19.4 Å². The van der Waals surface area contributed by atoms with Crippen LogP contribution in [0, 0.1) is 5.92 Å². The number of carbonyl (C=O) groups is 2. The Bertz CT molecular complexity index is 483. The van der Waals surface area contributed by atoms with Crippen LogP contribution in [0.3, 0.4) is 0 Å². The molecule has 0 aliphatic heterocycles. The van der Waals surface area contributed by atoms with Gasteiger partial charge < -0.3 is 15.2 Å². The van der Waals surface area contributed by atoms with Crippen molar-refractivity contribution in [2.24, 2.45) is 5.92 Å². The Morgan fingerprint density at radius 3 is 2.60 bits per heavy atom. The van der Waals surface area contributed by atoms with E-state index >= 15 is 0 Å². The van der Waals surface area contributed by atoms with Crippen molar-refractivity contribution in [1.82, 2.24) is 0 Å². The van der Waals surface area contributed by atoms with Crippen LogP contribution >= 0.6 is 0 Å². The Hall–Kier alpha value is -2.04. The molecule has 0 heterocycles. The predicted molar refractivity (Wildman–Crippen MR) is 76.6 cm³/mol. The molecule has 0 amide bonds. The average molecular weight is 279 g/mol. The van der Waals surface area contributed by atoms with Gasteiger partial charge in [-0.2, -0.15) is 0 Å². The highest BCUT2D eigenvalue weighted by Crippen LogP contribution is 2.19. The van der Waals surface area contributed by atoms with E-state index in [1.165, 1.54) is 0 Å². The van der Waals surface area contributed by atoms with E-state index in [2.05, 4.69) is 5.32 Å². The normalized spacial score (nSPS) is 10.4. The summed E-state index contributed by atoms with van der Waals surface area (Å²) in [4.78, 5) is 22.1. The second-order valence-electron chi connectivity index (χ2n) is 4.90. The van der Waals surface area contributed by atoms with Crippen LogP contribution in [0.1, 0.15) is 31.4 Å². The van der Waals surface area contributed by atoms with Crippen molar-refractivity contribution in [2.75, 3.05) is 12.4 Å².